The maximum absolute atomic E-state index is 2.51. The van der Waals surface area contributed by atoms with Gasteiger partial charge in [-0.1, -0.05) is 164 Å². The summed E-state index contributed by atoms with van der Waals surface area (Å²) in [6.45, 7) is 0. The van der Waals surface area contributed by atoms with Crippen LogP contribution in [0.1, 0.15) is 0 Å². The lowest BCUT2D eigenvalue weighted by molar-refractivity contribution is 1.15. The predicted molar refractivity (Wildman–Crippen MR) is 266 cm³/mol. The summed E-state index contributed by atoms with van der Waals surface area (Å²) in [6.07, 6.45) is 0. The Morgan fingerprint density at radius 1 is 0.190 bits per heavy atom. The van der Waals surface area contributed by atoms with Crippen LogP contribution >= 0.6 is 0 Å². The molecule has 0 spiro atoms. The van der Waals surface area contributed by atoms with Crippen LogP contribution in [0, 0.1) is 0 Å². The molecule has 0 fully saturated rings. The summed E-state index contributed by atoms with van der Waals surface area (Å²) in [5.41, 5.74) is 17.7. The van der Waals surface area contributed by atoms with Gasteiger partial charge in [0.05, 0.1) is 33.1 Å². The van der Waals surface area contributed by atoms with Crippen LogP contribution in [0.2, 0.25) is 0 Å². The first-order chi connectivity index (χ1) is 31.3. The number of nitrogens with zero attached hydrogens (tertiary/aromatic N) is 3. The summed E-state index contributed by atoms with van der Waals surface area (Å²) in [5, 5.41) is 7.40. The minimum atomic E-state index is 1.13. The summed E-state index contributed by atoms with van der Waals surface area (Å²) in [4.78, 5) is 0. The zero-order valence-corrected chi connectivity index (χ0v) is 34.4. The average Bonchev–Trinajstić information content (AvgIpc) is 4.00. The maximum atomic E-state index is 2.51. The second kappa shape index (κ2) is 14.1. The average molecular weight is 802 g/mol. The molecule has 3 aromatic heterocycles. The summed E-state index contributed by atoms with van der Waals surface area (Å²) < 4.78 is 7.39. The van der Waals surface area contributed by atoms with Crippen molar-refractivity contribution in [3.8, 4) is 50.4 Å². The Morgan fingerprint density at radius 3 is 1.11 bits per heavy atom. The highest BCUT2D eigenvalue weighted by atomic mass is 15.0. The van der Waals surface area contributed by atoms with Gasteiger partial charge in [0, 0.05) is 49.4 Å². The molecule has 0 aliphatic heterocycles. The largest absolute Gasteiger partial charge is 0.309 e. The van der Waals surface area contributed by atoms with Crippen LogP contribution in [-0.2, 0) is 0 Å². The second-order valence-corrected chi connectivity index (χ2v) is 16.5. The topological polar surface area (TPSA) is 14.8 Å². The molecule has 13 aromatic rings. The van der Waals surface area contributed by atoms with E-state index in [1.165, 1.54) is 98.8 Å². The molecule has 0 unspecified atom stereocenters. The molecule has 0 bridgehead atoms. The van der Waals surface area contributed by atoms with Crippen LogP contribution in [0.4, 0.5) is 0 Å². The molecule has 10 aromatic carbocycles. The van der Waals surface area contributed by atoms with Crippen molar-refractivity contribution in [2.45, 2.75) is 0 Å². The summed E-state index contributed by atoms with van der Waals surface area (Å²) >= 11 is 0. The van der Waals surface area contributed by atoms with Gasteiger partial charge in [-0.2, -0.15) is 0 Å². The van der Waals surface area contributed by atoms with Crippen molar-refractivity contribution in [3.05, 3.63) is 237 Å². The van der Waals surface area contributed by atoms with Crippen LogP contribution in [0.5, 0.6) is 0 Å². The van der Waals surface area contributed by atoms with E-state index in [1.54, 1.807) is 0 Å². The van der Waals surface area contributed by atoms with E-state index >= 15 is 0 Å². The van der Waals surface area contributed by atoms with E-state index in [0.29, 0.717) is 0 Å². The Balaban J connectivity index is 1.10. The Labute approximate surface area is 364 Å². The zero-order valence-electron chi connectivity index (χ0n) is 34.4. The fourth-order valence-corrected chi connectivity index (χ4v) is 10.2. The predicted octanol–water partition coefficient (Wildman–Crippen LogP) is 16.0. The third kappa shape index (κ3) is 5.53. The van der Waals surface area contributed by atoms with Gasteiger partial charge in [-0.15, -0.1) is 0 Å². The van der Waals surface area contributed by atoms with Gasteiger partial charge >= 0.3 is 0 Å². The number of fused-ring (bicyclic) bond motifs is 10. The highest BCUT2D eigenvalue weighted by molar-refractivity contribution is 6.24. The fourth-order valence-electron chi connectivity index (χ4n) is 10.2. The molecular weight excluding hydrogens is 763 g/mol. The SMILES string of the molecule is c1ccc(-c2cccc(-n3c4ccccc4c4ccc5c6cc(-c7ccc8c(c7)c7ccccc7n8-c7ccccc7)ccc6n(-c6cccc(-c7ccccc7)c6)c5c43)c2)cc1. The first-order valence-corrected chi connectivity index (χ1v) is 21.7. The summed E-state index contributed by atoms with van der Waals surface area (Å²) in [7, 11) is 0. The minimum Gasteiger partial charge on any atom is -0.309 e. The molecule has 0 N–H and O–H groups in total. The number of hydrogen-bond donors (Lipinski definition) is 0. The molecule has 3 heteroatoms. The lowest BCUT2D eigenvalue weighted by atomic mass is 10.00. The van der Waals surface area contributed by atoms with E-state index in [0.717, 1.165) is 17.1 Å². The zero-order chi connectivity index (χ0) is 41.4. The van der Waals surface area contributed by atoms with Crippen LogP contribution in [0.25, 0.3) is 116 Å². The standard InChI is InChI=1S/C60H39N3/c1-4-16-40(17-5-1)42-20-14-24-47(36-42)62-56-29-13-10-26-49(56)51-32-33-52-54-39-45(44-30-34-57-53(38-44)50-27-11-12-28-55(50)61(57)46-22-8-3-9-23-46)31-35-58(54)63(60(52)59(51)62)48-25-15-21-43(37-48)41-18-6-2-7-19-41/h1-39H. The lowest BCUT2D eigenvalue weighted by Crippen LogP contribution is -1.99. The van der Waals surface area contributed by atoms with Crippen molar-refractivity contribution in [2.24, 2.45) is 0 Å². The molecule has 63 heavy (non-hydrogen) atoms. The number of para-hydroxylation sites is 3. The number of aromatic nitrogens is 3. The van der Waals surface area contributed by atoms with Crippen molar-refractivity contribution in [1.29, 1.82) is 0 Å². The van der Waals surface area contributed by atoms with E-state index in [1.807, 2.05) is 0 Å². The summed E-state index contributed by atoms with van der Waals surface area (Å²) in [6, 6.07) is 86.5. The number of rotatable bonds is 6. The van der Waals surface area contributed by atoms with E-state index in [-0.39, 0.29) is 0 Å². The van der Waals surface area contributed by atoms with Crippen molar-refractivity contribution in [3.63, 3.8) is 0 Å². The van der Waals surface area contributed by atoms with Gasteiger partial charge in [-0.3, -0.25) is 0 Å². The molecule has 0 aliphatic carbocycles. The second-order valence-electron chi connectivity index (χ2n) is 16.5. The lowest BCUT2D eigenvalue weighted by Gasteiger charge is -2.14. The first kappa shape index (κ1) is 35.4. The summed E-state index contributed by atoms with van der Waals surface area (Å²) in [5.74, 6) is 0. The van der Waals surface area contributed by atoms with E-state index in [9.17, 15) is 0 Å². The Kier molecular flexibility index (Phi) is 7.91. The van der Waals surface area contributed by atoms with Gasteiger partial charge in [-0.25, -0.2) is 0 Å². The molecule has 0 saturated heterocycles. The third-order valence-electron chi connectivity index (χ3n) is 13.0. The Bertz CT molecular complexity index is 3890. The van der Waals surface area contributed by atoms with Gasteiger partial charge < -0.3 is 13.7 Å². The van der Waals surface area contributed by atoms with Crippen molar-refractivity contribution in [1.82, 2.24) is 13.7 Å². The van der Waals surface area contributed by atoms with Crippen molar-refractivity contribution < 1.29 is 0 Å². The van der Waals surface area contributed by atoms with Gasteiger partial charge in [0.25, 0.3) is 0 Å². The fraction of sp³-hybridized carbons (Fsp3) is 0. The molecule has 0 saturated carbocycles. The van der Waals surface area contributed by atoms with Crippen LogP contribution in [0.15, 0.2) is 237 Å². The maximum Gasteiger partial charge on any atom is 0.0788 e. The number of benzene rings is 10. The normalized spacial score (nSPS) is 11.8. The number of hydrogen-bond acceptors (Lipinski definition) is 0. The van der Waals surface area contributed by atoms with E-state index in [2.05, 4.69) is 250 Å². The van der Waals surface area contributed by atoms with E-state index in [4.69, 9.17) is 0 Å². The Morgan fingerprint density at radius 2 is 0.556 bits per heavy atom. The molecule has 13 rings (SSSR count). The van der Waals surface area contributed by atoms with Crippen molar-refractivity contribution >= 4 is 65.4 Å². The molecule has 0 radical (unpaired) electrons. The molecule has 3 nitrogen and oxygen atoms in total. The monoisotopic (exact) mass is 801 g/mol. The smallest absolute Gasteiger partial charge is 0.0788 e. The minimum absolute atomic E-state index is 1.13. The van der Waals surface area contributed by atoms with Crippen molar-refractivity contribution in [2.75, 3.05) is 0 Å². The first-order valence-electron chi connectivity index (χ1n) is 21.7. The molecule has 0 aliphatic rings. The Hall–Kier alpha value is -8.40. The van der Waals surface area contributed by atoms with Gasteiger partial charge in [0.1, 0.15) is 0 Å². The molecule has 3 heterocycles. The highest BCUT2D eigenvalue weighted by Crippen LogP contribution is 2.44. The molecule has 0 amide bonds. The molecule has 294 valence electrons. The molecule has 0 atom stereocenters. The van der Waals surface area contributed by atoms with Gasteiger partial charge in [0.15, 0.2) is 0 Å². The third-order valence-corrected chi connectivity index (χ3v) is 13.0. The van der Waals surface area contributed by atoms with E-state index < -0.39 is 0 Å². The highest BCUT2D eigenvalue weighted by Gasteiger charge is 2.22. The van der Waals surface area contributed by atoms with Crippen LogP contribution in [-0.4, -0.2) is 13.7 Å². The van der Waals surface area contributed by atoms with Crippen LogP contribution < -0.4 is 0 Å². The molecular formula is C60H39N3. The van der Waals surface area contributed by atoms with Gasteiger partial charge in [-0.05, 0) is 106 Å². The van der Waals surface area contributed by atoms with Crippen LogP contribution in [0.3, 0.4) is 0 Å². The quantitative estimate of drug-likeness (QED) is 0.159. The van der Waals surface area contributed by atoms with Gasteiger partial charge in [0.2, 0.25) is 0 Å².